The summed E-state index contributed by atoms with van der Waals surface area (Å²) in [6.45, 7) is 4.03. The molecule has 0 atom stereocenters. The smallest absolute Gasteiger partial charge is 0.317 e. The summed E-state index contributed by atoms with van der Waals surface area (Å²) >= 11 is 0. The topological polar surface area (TPSA) is 75.5 Å². The number of benzene rings is 2. The molecule has 1 fully saturated rings. The number of carbonyl (C=O) groups excluding carboxylic acids is 1. The van der Waals surface area contributed by atoms with Crippen molar-refractivity contribution in [3.8, 4) is 11.4 Å². The van der Waals surface area contributed by atoms with Gasteiger partial charge in [0.25, 0.3) is 0 Å². The first-order valence-electron chi connectivity index (χ1n) is 10.2. The minimum Gasteiger partial charge on any atom is -0.494 e. The maximum atomic E-state index is 13.7. The Morgan fingerprint density at radius 1 is 1.12 bits per heavy atom. The molecule has 3 aromatic rings. The number of urea groups is 1. The van der Waals surface area contributed by atoms with Crippen molar-refractivity contribution in [1.29, 1.82) is 0 Å². The van der Waals surface area contributed by atoms with Gasteiger partial charge in [0, 0.05) is 50.0 Å². The summed E-state index contributed by atoms with van der Waals surface area (Å²) in [5.41, 5.74) is 1.88. The van der Waals surface area contributed by atoms with Crippen molar-refractivity contribution in [2.45, 2.75) is 13.5 Å². The van der Waals surface area contributed by atoms with Gasteiger partial charge in [0.2, 0.25) is 0 Å². The van der Waals surface area contributed by atoms with Crippen LogP contribution in [0.25, 0.3) is 5.69 Å². The van der Waals surface area contributed by atoms with Crippen LogP contribution < -0.4 is 15.0 Å². The molecule has 1 aromatic heterocycles. The molecule has 8 nitrogen and oxygen atoms in total. The molecule has 0 saturated carbocycles. The van der Waals surface area contributed by atoms with Crippen LogP contribution in [0.15, 0.2) is 42.7 Å². The number of piperazine rings is 1. The van der Waals surface area contributed by atoms with Crippen LogP contribution >= 0.6 is 0 Å². The summed E-state index contributed by atoms with van der Waals surface area (Å²) in [6, 6.07) is 8.74. The Hall–Kier alpha value is -3.69. The molecule has 10 heteroatoms. The van der Waals surface area contributed by atoms with Crippen LogP contribution in [0.4, 0.5) is 19.3 Å². The molecule has 168 valence electrons. The van der Waals surface area contributed by atoms with Crippen LogP contribution in [0.3, 0.4) is 0 Å². The van der Waals surface area contributed by atoms with Gasteiger partial charge in [0.15, 0.2) is 0 Å². The lowest BCUT2D eigenvalue weighted by atomic mass is 10.2. The molecule has 4 rings (SSSR count). The summed E-state index contributed by atoms with van der Waals surface area (Å²) in [7, 11) is 1.61. The Bertz CT molecular complexity index is 1110. The fourth-order valence-electron chi connectivity index (χ4n) is 3.64. The number of ether oxygens (including phenoxy) is 1. The molecule has 1 aliphatic heterocycles. The SMILES string of the molecule is COc1cc(N2CCN(C(=O)NCc3cc(F)ccc3F)CC2)ccc1-n1cnc(C)n1. The number of anilines is 1. The van der Waals surface area contributed by atoms with Crippen LogP contribution in [0.2, 0.25) is 0 Å². The van der Waals surface area contributed by atoms with Gasteiger partial charge in [-0.15, -0.1) is 0 Å². The molecule has 1 aliphatic rings. The van der Waals surface area contributed by atoms with Gasteiger partial charge in [-0.25, -0.2) is 23.2 Å². The average Bonchev–Trinajstić information content (AvgIpc) is 3.25. The molecular formula is C22H24F2N6O2. The average molecular weight is 442 g/mol. The Kier molecular flexibility index (Phi) is 6.20. The molecule has 0 unspecified atom stereocenters. The van der Waals surface area contributed by atoms with E-state index in [0.29, 0.717) is 37.8 Å². The second kappa shape index (κ2) is 9.21. The number of aryl methyl sites for hydroxylation is 1. The number of aromatic nitrogens is 3. The van der Waals surface area contributed by atoms with E-state index in [9.17, 15) is 13.6 Å². The van der Waals surface area contributed by atoms with Crippen LogP contribution in [-0.4, -0.2) is 59.0 Å². The Morgan fingerprint density at radius 3 is 2.59 bits per heavy atom. The minimum atomic E-state index is -0.546. The molecule has 0 bridgehead atoms. The van der Waals surface area contributed by atoms with Gasteiger partial charge >= 0.3 is 6.03 Å². The number of methoxy groups -OCH3 is 1. The van der Waals surface area contributed by atoms with Crippen LogP contribution in [-0.2, 0) is 6.54 Å². The van der Waals surface area contributed by atoms with Crippen LogP contribution in [0.1, 0.15) is 11.4 Å². The second-order valence-corrected chi connectivity index (χ2v) is 7.46. The highest BCUT2D eigenvalue weighted by atomic mass is 19.1. The predicted octanol–water partition coefficient (Wildman–Crippen LogP) is 2.89. The first kappa shape index (κ1) is 21.5. The third kappa shape index (κ3) is 4.63. The van der Waals surface area contributed by atoms with E-state index in [-0.39, 0.29) is 18.1 Å². The Labute approximate surface area is 184 Å². The van der Waals surface area contributed by atoms with E-state index >= 15 is 0 Å². The second-order valence-electron chi connectivity index (χ2n) is 7.46. The van der Waals surface area contributed by atoms with Crippen molar-refractivity contribution < 1.29 is 18.3 Å². The monoisotopic (exact) mass is 442 g/mol. The lowest BCUT2D eigenvalue weighted by Gasteiger charge is -2.36. The number of nitrogens with one attached hydrogen (secondary N) is 1. The number of amides is 2. The van der Waals surface area contributed by atoms with Gasteiger partial charge in [0.1, 0.15) is 35.2 Å². The largest absolute Gasteiger partial charge is 0.494 e. The van der Waals surface area contributed by atoms with Gasteiger partial charge in [0.05, 0.1) is 7.11 Å². The fraction of sp³-hybridized carbons (Fsp3) is 0.318. The number of halogens is 2. The molecule has 1 saturated heterocycles. The fourth-order valence-corrected chi connectivity index (χ4v) is 3.64. The summed E-state index contributed by atoms with van der Waals surface area (Å²) in [6.07, 6.45) is 1.64. The van der Waals surface area contributed by atoms with Crippen LogP contribution in [0.5, 0.6) is 5.75 Å². The van der Waals surface area contributed by atoms with Crippen molar-refractivity contribution in [2.75, 3.05) is 38.2 Å². The molecule has 1 N–H and O–H groups in total. The van der Waals surface area contributed by atoms with Gasteiger partial charge in [-0.3, -0.25) is 0 Å². The number of hydrogen-bond donors (Lipinski definition) is 1. The number of hydrogen-bond acceptors (Lipinski definition) is 5. The van der Waals surface area contributed by atoms with Crippen LogP contribution in [0, 0.1) is 18.6 Å². The minimum absolute atomic E-state index is 0.0664. The molecule has 0 aliphatic carbocycles. The third-order valence-corrected chi connectivity index (χ3v) is 5.39. The zero-order valence-electron chi connectivity index (χ0n) is 17.9. The number of nitrogens with zero attached hydrogens (tertiary/aromatic N) is 5. The van der Waals surface area contributed by atoms with E-state index < -0.39 is 11.6 Å². The molecule has 2 heterocycles. The van der Waals surface area contributed by atoms with Crippen molar-refractivity contribution in [2.24, 2.45) is 0 Å². The Morgan fingerprint density at radius 2 is 1.91 bits per heavy atom. The standard InChI is InChI=1S/C22H24F2N6O2/c1-15-26-14-30(27-15)20-6-4-18(12-21(20)32-2)28-7-9-29(10-8-28)22(31)25-13-16-11-17(23)3-5-19(16)24/h3-6,11-12,14H,7-10,13H2,1-2H3,(H,25,31). The summed E-state index contributed by atoms with van der Waals surface area (Å²) in [5.74, 6) is 0.259. The van der Waals surface area contributed by atoms with E-state index in [0.717, 1.165) is 29.6 Å². The number of carbonyl (C=O) groups is 1. The first-order chi connectivity index (χ1) is 15.4. The quantitative estimate of drug-likeness (QED) is 0.658. The lowest BCUT2D eigenvalue weighted by Crippen LogP contribution is -2.51. The molecular weight excluding hydrogens is 418 g/mol. The summed E-state index contributed by atoms with van der Waals surface area (Å²) in [5, 5.41) is 6.99. The van der Waals surface area contributed by atoms with Crippen molar-refractivity contribution in [1.82, 2.24) is 25.0 Å². The molecule has 32 heavy (non-hydrogen) atoms. The summed E-state index contributed by atoms with van der Waals surface area (Å²) in [4.78, 5) is 20.4. The van der Waals surface area contributed by atoms with E-state index in [1.165, 1.54) is 0 Å². The highest BCUT2D eigenvalue weighted by Gasteiger charge is 2.22. The van der Waals surface area contributed by atoms with Gasteiger partial charge in [-0.2, -0.15) is 5.10 Å². The lowest BCUT2D eigenvalue weighted by molar-refractivity contribution is 0.194. The predicted molar refractivity (Wildman–Crippen MR) is 115 cm³/mol. The van der Waals surface area contributed by atoms with E-state index in [1.54, 1.807) is 23.0 Å². The Balaban J connectivity index is 1.36. The zero-order valence-corrected chi connectivity index (χ0v) is 17.9. The van der Waals surface area contributed by atoms with Gasteiger partial charge < -0.3 is 19.9 Å². The van der Waals surface area contributed by atoms with Gasteiger partial charge in [-0.1, -0.05) is 0 Å². The van der Waals surface area contributed by atoms with E-state index in [1.807, 2.05) is 25.1 Å². The van der Waals surface area contributed by atoms with E-state index in [4.69, 9.17) is 4.74 Å². The molecule has 0 radical (unpaired) electrons. The molecule has 2 amide bonds. The molecule has 2 aromatic carbocycles. The third-order valence-electron chi connectivity index (χ3n) is 5.39. The first-order valence-corrected chi connectivity index (χ1v) is 10.2. The highest BCUT2D eigenvalue weighted by Crippen LogP contribution is 2.28. The maximum Gasteiger partial charge on any atom is 0.317 e. The maximum absolute atomic E-state index is 13.7. The van der Waals surface area contributed by atoms with Crippen molar-refractivity contribution >= 4 is 11.7 Å². The highest BCUT2D eigenvalue weighted by molar-refractivity contribution is 5.74. The normalized spacial score (nSPS) is 13.9. The van der Waals surface area contributed by atoms with E-state index in [2.05, 4.69) is 20.3 Å². The van der Waals surface area contributed by atoms with Gasteiger partial charge in [-0.05, 0) is 37.3 Å². The molecule has 0 spiro atoms. The summed E-state index contributed by atoms with van der Waals surface area (Å²) < 4.78 is 34.3. The van der Waals surface area contributed by atoms with Crippen molar-refractivity contribution in [3.63, 3.8) is 0 Å². The van der Waals surface area contributed by atoms with Crippen molar-refractivity contribution in [3.05, 3.63) is 65.7 Å². The zero-order chi connectivity index (χ0) is 22.7. The number of rotatable bonds is 5.